The molecule has 2 saturated heterocycles. The predicted octanol–water partition coefficient (Wildman–Crippen LogP) is -0.175. The molecule has 8 amide bonds. The molecule has 2 heterocycles. The number of rotatable bonds is 17. The third kappa shape index (κ3) is 16.9. The number of cyclic esters (lactones) is 1. The first-order valence-corrected chi connectivity index (χ1v) is 26.2. The number of aliphatic hydroxyl groups is 3. The topological polar surface area (TPSA) is 357 Å². The Labute approximate surface area is 447 Å². The molecule has 12 N–H and O–H groups in total. The zero-order valence-electron chi connectivity index (χ0n) is 44.4. The number of fused-ring (bicyclic) bond motifs is 2. The fourth-order valence-electron chi connectivity index (χ4n) is 9.62. The van der Waals surface area contributed by atoms with Gasteiger partial charge < -0.3 is 72.4 Å². The molecule has 13 atom stereocenters. The first-order valence-electron chi connectivity index (χ1n) is 26.2. The fraction of sp³-hybridized carbons (Fsp3) is 0.574. The van der Waals surface area contributed by atoms with E-state index < -0.39 is 145 Å². The molecule has 23 nitrogen and oxygen atoms in total. The highest BCUT2D eigenvalue weighted by Gasteiger charge is 2.46. The molecule has 0 radical (unpaired) electrons. The number of allylic oxidation sites excluding steroid dienone is 1. The van der Waals surface area contributed by atoms with E-state index in [4.69, 9.17) is 10.5 Å². The number of ether oxygens (including phenoxy) is 1. The maximum Gasteiger partial charge on any atom is 0.329 e. The molecule has 1 aliphatic carbocycles. The Morgan fingerprint density at radius 2 is 1.43 bits per heavy atom. The molecule has 23 heteroatoms. The first-order chi connectivity index (χ1) is 36.4. The molecule has 77 heavy (non-hydrogen) atoms. The summed E-state index contributed by atoms with van der Waals surface area (Å²) in [6, 6.07) is 0.875. The molecule has 2 bridgehead atoms. The number of benzene rings is 2. The Bertz CT molecular complexity index is 2460. The second kappa shape index (κ2) is 27.8. The largest absolute Gasteiger partial charge is 0.508 e. The van der Waals surface area contributed by atoms with Crippen LogP contribution in [0.3, 0.4) is 0 Å². The Morgan fingerprint density at radius 3 is 2.01 bits per heavy atom. The summed E-state index contributed by atoms with van der Waals surface area (Å²) in [6.07, 6.45) is -3.06. The van der Waals surface area contributed by atoms with E-state index in [9.17, 15) is 68.7 Å². The van der Waals surface area contributed by atoms with Crippen LogP contribution in [0.4, 0.5) is 0 Å². The van der Waals surface area contributed by atoms with Crippen LogP contribution in [-0.2, 0) is 60.7 Å². The molecule has 0 aromatic heterocycles. The summed E-state index contributed by atoms with van der Waals surface area (Å²) < 4.78 is 5.96. The van der Waals surface area contributed by atoms with Gasteiger partial charge in [0.25, 0.3) is 0 Å². The van der Waals surface area contributed by atoms with Gasteiger partial charge in [-0.2, -0.15) is 0 Å². The van der Waals surface area contributed by atoms with Crippen LogP contribution in [0.15, 0.2) is 60.7 Å². The van der Waals surface area contributed by atoms with Gasteiger partial charge in [-0.3, -0.25) is 38.4 Å². The van der Waals surface area contributed by atoms with Crippen molar-refractivity contribution in [3.05, 3.63) is 71.8 Å². The van der Waals surface area contributed by atoms with Crippen molar-refractivity contribution < 1.29 is 73.4 Å². The van der Waals surface area contributed by atoms with E-state index in [2.05, 4.69) is 26.6 Å². The number of hydrogen-bond donors (Lipinski definition) is 11. The average Bonchev–Trinajstić information content (AvgIpc) is 3.38. The summed E-state index contributed by atoms with van der Waals surface area (Å²) in [6.45, 7) is 8.24. The number of carbonyl (C=O) groups excluding carboxylic acids is 9. The van der Waals surface area contributed by atoms with Gasteiger partial charge in [0.1, 0.15) is 72.2 Å². The quantitative estimate of drug-likeness (QED) is 0.0724. The SMILES string of the molecule is CCC(C)C1NC(=O)C(Cc2ccc(O)cc2)N(C)C(=O)C(CC(C)C)N2C(=O)C(CCC2O)NC(=O)C(CC2C=CC(O)CC2)NC(=O)C(NC(=O)C(CCC(N)=O)NC(=O)C(O)Cc2ccc(O)cc2)C(C)OC1=O. The van der Waals surface area contributed by atoms with Crippen molar-refractivity contribution in [1.82, 2.24) is 36.4 Å². The van der Waals surface area contributed by atoms with Crippen molar-refractivity contribution in [3.8, 4) is 11.5 Å². The normalized spacial score (nSPS) is 27.1. The number of primary amides is 1. The third-order valence-corrected chi connectivity index (χ3v) is 14.4. The molecule has 2 aromatic carbocycles. The number of piperidine rings is 1. The van der Waals surface area contributed by atoms with Crippen LogP contribution in [0.25, 0.3) is 0 Å². The van der Waals surface area contributed by atoms with Gasteiger partial charge in [-0.25, -0.2) is 4.79 Å². The standard InChI is InChI=1S/C54H76N8O15/c1-7-29(4)45-54(76)77-30(5)46(60-47(69)37(20-22-43(55)67)56-50(72)42(66)27-33-12-18-36(65)19-13-33)51(73)58-39(25-31-8-14-34(63)15-9-31)48(70)57-38-21-23-44(68)62(52(38)74)41(24-28(2)3)53(75)61(6)40(49(71)59-45)26-32-10-16-35(64)17-11-32/h8,10-14,16-19,28-31,34,37-42,44-46,63-66,68H,7,9,15,20-27H2,1-6H3,(H2,55,67)(H,56,72)(H,57,70)(H,58,73)(H,59,71)(H,60,69). The van der Waals surface area contributed by atoms with E-state index >= 15 is 0 Å². The van der Waals surface area contributed by atoms with Crippen molar-refractivity contribution in [3.63, 3.8) is 0 Å². The molecule has 422 valence electrons. The summed E-state index contributed by atoms with van der Waals surface area (Å²) in [5, 5.41) is 65.4. The Morgan fingerprint density at radius 1 is 0.792 bits per heavy atom. The number of esters is 1. The average molecular weight is 1080 g/mol. The summed E-state index contributed by atoms with van der Waals surface area (Å²) in [5.41, 5.74) is 6.38. The molecular weight excluding hydrogens is 1000 g/mol. The number of carbonyl (C=O) groups is 9. The van der Waals surface area contributed by atoms with Gasteiger partial charge in [0.15, 0.2) is 0 Å². The molecule has 5 rings (SSSR count). The van der Waals surface area contributed by atoms with Crippen molar-refractivity contribution in [2.45, 2.75) is 172 Å². The number of amides is 8. The van der Waals surface area contributed by atoms with Crippen LogP contribution < -0.4 is 32.3 Å². The monoisotopic (exact) mass is 1080 g/mol. The highest BCUT2D eigenvalue weighted by molar-refractivity contribution is 5.98. The lowest BCUT2D eigenvalue weighted by Crippen LogP contribution is -2.65. The number of aliphatic hydroxyl groups excluding tert-OH is 3. The van der Waals surface area contributed by atoms with Gasteiger partial charge >= 0.3 is 5.97 Å². The van der Waals surface area contributed by atoms with E-state index in [1.54, 1.807) is 52.0 Å². The van der Waals surface area contributed by atoms with Gasteiger partial charge in [-0.1, -0.05) is 70.5 Å². The van der Waals surface area contributed by atoms with Gasteiger partial charge in [-0.15, -0.1) is 0 Å². The Balaban J connectivity index is 1.61. The summed E-state index contributed by atoms with van der Waals surface area (Å²) >= 11 is 0. The summed E-state index contributed by atoms with van der Waals surface area (Å²) in [5.74, 6) is -9.95. The van der Waals surface area contributed by atoms with E-state index in [1.807, 2.05) is 0 Å². The molecule has 2 aliphatic heterocycles. The summed E-state index contributed by atoms with van der Waals surface area (Å²) in [7, 11) is 1.35. The predicted molar refractivity (Wildman–Crippen MR) is 277 cm³/mol. The second-order valence-electron chi connectivity index (χ2n) is 20.9. The molecule has 2 aromatic rings. The molecule has 0 saturated carbocycles. The zero-order valence-corrected chi connectivity index (χ0v) is 44.4. The van der Waals surface area contributed by atoms with Crippen LogP contribution in [0, 0.1) is 17.8 Å². The second-order valence-corrected chi connectivity index (χ2v) is 20.9. The van der Waals surface area contributed by atoms with Crippen molar-refractivity contribution in [1.29, 1.82) is 0 Å². The molecular formula is C54H76N8O15. The van der Waals surface area contributed by atoms with Gasteiger partial charge in [0.2, 0.25) is 47.3 Å². The van der Waals surface area contributed by atoms with E-state index in [0.29, 0.717) is 24.0 Å². The highest BCUT2D eigenvalue weighted by atomic mass is 16.5. The number of hydrogen-bond acceptors (Lipinski definition) is 15. The number of phenols is 2. The van der Waals surface area contributed by atoms with Gasteiger partial charge in [0, 0.05) is 26.3 Å². The number of phenolic OH excluding ortho intramolecular Hbond substituents is 2. The van der Waals surface area contributed by atoms with Crippen LogP contribution >= 0.6 is 0 Å². The highest BCUT2D eigenvalue weighted by Crippen LogP contribution is 2.28. The lowest BCUT2D eigenvalue weighted by Gasteiger charge is -2.43. The van der Waals surface area contributed by atoms with Crippen molar-refractivity contribution in [2.24, 2.45) is 23.5 Å². The Kier molecular flexibility index (Phi) is 21.9. The molecule has 13 unspecified atom stereocenters. The van der Waals surface area contributed by atoms with E-state index in [1.165, 1.54) is 50.4 Å². The first kappa shape index (κ1) is 60.8. The minimum Gasteiger partial charge on any atom is -0.508 e. The number of likely N-dealkylation sites (N-methyl/N-ethyl adjacent to an activating group) is 1. The van der Waals surface area contributed by atoms with Crippen LogP contribution in [0.1, 0.15) is 104 Å². The van der Waals surface area contributed by atoms with Crippen LogP contribution in [-0.4, -0.2) is 162 Å². The van der Waals surface area contributed by atoms with Crippen molar-refractivity contribution >= 4 is 53.2 Å². The van der Waals surface area contributed by atoms with E-state index in [-0.39, 0.29) is 62.4 Å². The molecule has 0 spiro atoms. The minimum absolute atomic E-state index is 0.0129. The zero-order chi connectivity index (χ0) is 56.8. The van der Waals surface area contributed by atoms with Gasteiger partial charge in [0.05, 0.1) is 6.10 Å². The third-order valence-electron chi connectivity index (χ3n) is 14.4. The smallest absolute Gasteiger partial charge is 0.329 e. The molecule has 2 fully saturated rings. The van der Waals surface area contributed by atoms with Crippen LogP contribution in [0.2, 0.25) is 0 Å². The minimum atomic E-state index is -1.90. The fourth-order valence-corrected chi connectivity index (χ4v) is 9.62. The molecule has 3 aliphatic rings. The van der Waals surface area contributed by atoms with Crippen molar-refractivity contribution in [2.75, 3.05) is 7.05 Å². The lowest BCUT2D eigenvalue weighted by molar-refractivity contribution is -0.166. The maximum atomic E-state index is 15.0. The number of nitrogens with two attached hydrogens (primary N) is 1. The Hall–Kier alpha value is -7.11. The number of aromatic hydroxyl groups is 2. The number of nitrogens with one attached hydrogen (secondary N) is 5. The maximum absolute atomic E-state index is 15.0. The lowest BCUT2D eigenvalue weighted by atomic mass is 9.88. The number of nitrogens with zero attached hydrogens (tertiary/aromatic N) is 2. The van der Waals surface area contributed by atoms with Crippen LogP contribution in [0.5, 0.6) is 11.5 Å². The van der Waals surface area contributed by atoms with E-state index in [0.717, 1.165) is 9.80 Å². The van der Waals surface area contributed by atoms with Gasteiger partial charge in [-0.05, 0) is 105 Å². The summed E-state index contributed by atoms with van der Waals surface area (Å²) in [4.78, 5) is 131.